The lowest BCUT2D eigenvalue weighted by Gasteiger charge is -2.31. The molecule has 4 N–H and O–H groups in total. The molecule has 0 spiro atoms. The molecule has 0 radical (unpaired) electrons. The Labute approximate surface area is 132 Å². The van der Waals surface area contributed by atoms with Crippen molar-refractivity contribution in [3.05, 3.63) is 0 Å². The van der Waals surface area contributed by atoms with Gasteiger partial charge in [0.05, 0.1) is 0 Å². The number of carbonyl (C=O) groups excluding carboxylic acids is 1. The van der Waals surface area contributed by atoms with Crippen LogP contribution in [0.1, 0.15) is 58.8 Å². The lowest BCUT2D eigenvalue weighted by molar-refractivity contribution is -0.128. The number of oxime groups is 1. The quantitative estimate of drug-likeness (QED) is 0.168. The fraction of sp³-hybridized carbons (Fsp3) is 0.867. The standard InChI is InChI=1S/C15H29N3O2S/c1-3-21-11-8-12(2)17-14(19)15(13(16)18-20)9-6-4-5-7-10-15/h12,20H,3-11H2,1-2H3,(H2,16,18)(H,17,19). The SMILES string of the molecule is CCSCCC(C)NC(=O)C1(C(N)=NO)CCCCCC1. The Morgan fingerprint density at radius 3 is 2.52 bits per heavy atom. The molecule has 0 aromatic rings. The lowest BCUT2D eigenvalue weighted by Crippen LogP contribution is -2.51. The second kappa shape index (κ2) is 9.18. The molecule has 0 aromatic heterocycles. The van der Waals surface area contributed by atoms with Crippen LogP contribution in [0.25, 0.3) is 0 Å². The number of carbonyl (C=O) groups is 1. The minimum Gasteiger partial charge on any atom is -0.409 e. The Hall–Kier alpha value is -0.910. The maximum absolute atomic E-state index is 12.7. The maximum Gasteiger partial charge on any atom is 0.234 e. The summed E-state index contributed by atoms with van der Waals surface area (Å²) in [6.45, 7) is 4.15. The molecule has 0 aromatic carbocycles. The molecule has 1 amide bonds. The highest BCUT2D eigenvalue weighted by Gasteiger charge is 2.43. The first kappa shape index (κ1) is 18.1. The summed E-state index contributed by atoms with van der Waals surface area (Å²) in [5, 5.41) is 15.3. The topological polar surface area (TPSA) is 87.7 Å². The molecule has 21 heavy (non-hydrogen) atoms. The van der Waals surface area contributed by atoms with Crippen molar-refractivity contribution in [3.63, 3.8) is 0 Å². The minimum absolute atomic E-state index is 0.0667. The van der Waals surface area contributed by atoms with Crippen molar-refractivity contribution < 1.29 is 10.0 Å². The summed E-state index contributed by atoms with van der Waals surface area (Å²) in [5.74, 6) is 2.12. The third-order valence-corrected chi connectivity index (χ3v) is 5.20. The van der Waals surface area contributed by atoms with Gasteiger partial charge in [-0.1, -0.05) is 37.8 Å². The van der Waals surface area contributed by atoms with E-state index >= 15 is 0 Å². The molecular formula is C15H29N3O2S. The third kappa shape index (κ3) is 5.09. The summed E-state index contributed by atoms with van der Waals surface area (Å²) >= 11 is 1.87. The summed E-state index contributed by atoms with van der Waals surface area (Å²) in [5.41, 5.74) is 5.06. The van der Waals surface area contributed by atoms with E-state index in [9.17, 15) is 4.79 Å². The van der Waals surface area contributed by atoms with E-state index in [4.69, 9.17) is 10.9 Å². The predicted octanol–water partition coefficient (Wildman–Crippen LogP) is 2.72. The Morgan fingerprint density at radius 2 is 2.00 bits per heavy atom. The molecular weight excluding hydrogens is 286 g/mol. The van der Waals surface area contributed by atoms with Gasteiger partial charge in [-0.3, -0.25) is 4.79 Å². The molecule has 0 saturated heterocycles. The zero-order valence-electron chi connectivity index (χ0n) is 13.2. The second-order valence-electron chi connectivity index (χ2n) is 5.84. The molecule has 5 nitrogen and oxygen atoms in total. The Kier molecular flexibility index (Phi) is 7.93. The molecule has 0 heterocycles. The van der Waals surface area contributed by atoms with Crippen molar-refractivity contribution in [1.82, 2.24) is 5.32 Å². The van der Waals surface area contributed by atoms with E-state index in [2.05, 4.69) is 17.4 Å². The number of thioether (sulfide) groups is 1. The van der Waals surface area contributed by atoms with Crippen LogP contribution >= 0.6 is 11.8 Å². The third-order valence-electron chi connectivity index (χ3n) is 4.27. The van der Waals surface area contributed by atoms with Crippen LogP contribution in [-0.2, 0) is 4.79 Å². The highest BCUT2D eigenvalue weighted by Crippen LogP contribution is 2.35. The van der Waals surface area contributed by atoms with Gasteiger partial charge in [0.1, 0.15) is 5.41 Å². The van der Waals surface area contributed by atoms with Gasteiger partial charge >= 0.3 is 0 Å². The fourth-order valence-electron chi connectivity index (χ4n) is 2.87. The van der Waals surface area contributed by atoms with E-state index < -0.39 is 5.41 Å². The van der Waals surface area contributed by atoms with Gasteiger partial charge in [-0.05, 0) is 37.7 Å². The summed E-state index contributed by atoms with van der Waals surface area (Å²) in [4.78, 5) is 12.7. The highest BCUT2D eigenvalue weighted by molar-refractivity contribution is 7.99. The number of nitrogens with zero attached hydrogens (tertiary/aromatic N) is 1. The van der Waals surface area contributed by atoms with Crippen LogP contribution in [0.3, 0.4) is 0 Å². The molecule has 0 aliphatic heterocycles. The summed E-state index contributed by atoms with van der Waals surface area (Å²) in [6, 6.07) is 0.114. The monoisotopic (exact) mass is 315 g/mol. The minimum atomic E-state index is -0.822. The van der Waals surface area contributed by atoms with Gasteiger partial charge < -0.3 is 16.3 Å². The van der Waals surface area contributed by atoms with E-state index in [0.29, 0.717) is 12.8 Å². The predicted molar refractivity (Wildman–Crippen MR) is 88.8 cm³/mol. The first-order chi connectivity index (χ1) is 10.1. The first-order valence-electron chi connectivity index (χ1n) is 7.93. The van der Waals surface area contributed by atoms with Crippen LogP contribution in [0.15, 0.2) is 5.16 Å². The van der Waals surface area contributed by atoms with Crippen molar-refractivity contribution in [2.45, 2.75) is 64.8 Å². The van der Waals surface area contributed by atoms with E-state index in [1.165, 1.54) is 0 Å². The fourth-order valence-corrected chi connectivity index (χ4v) is 3.67. The Morgan fingerprint density at radius 1 is 1.38 bits per heavy atom. The van der Waals surface area contributed by atoms with Crippen molar-refractivity contribution >= 4 is 23.5 Å². The summed E-state index contributed by atoms with van der Waals surface area (Å²) in [7, 11) is 0. The van der Waals surface area contributed by atoms with Crippen LogP contribution < -0.4 is 11.1 Å². The van der Waals surface area contributed by atoms with Crippen molar-refractivity contribution in [3.8, 4) is 0 Å². The van der Waals surface area contributed by atoms with Gasteiger partial charge in [0.25, 0.3) is 0 Å². The number of hydrogen-bond acceptors (Lipinski definition) is 4. The molecule has 1 aliphatic rings. The number of amidine groups is 1. The largest absolute Gasteiger partial charge is 0.409 e. The van der Waals surface area contributed by atoms with Crippen LogP contribution in [0, 0.1) is 5.41 Å². The number of hydrogen-bond donors (Lipinski definition) is 3. The van der Waals surface area contributed by atoms with Crippen LogP contribution in [0.2, 0.25) is 0 Å². The second-order valence-corrected chi connectivity index (χ2v) is 7.24. The molecule has 1 fully saturated rings. The van der Waals surface area contributed by atoms with Crippen LogP contribution in [0.5, 0.6) is 0 Å². The van der Waals surface area contributed by atoms with Gasteiger partial charge in [-0.15, -0.1) is 0 Å². The van der Waals surface area contributed by atoms with E-state index in [0.717, 1.165) is 43.6 Å². The summed E-state index contributed by atoms with van der Waals surface area (Å²) < 4.78 is 0. The normalized spacial score (nSPS) is 20.6. The lowest BCUT2D eigenvalue weighted by atomic mass is 9.78. The van der Waals surface area contributed by atoms with Gasteiger partial charge in [0, 0.05) is 6.04 Å². The number of rotatable bonds is 7. The molecule has 1 unspecified atom stereocenters. The summed E-state index contributed by atoms with van der Waals surface area (Å²) in [6.07, 6.45) is 6.40. The van der Waals surface area contributed by atoms with Gasteiger partial charge in [-0.25, -0.2) is 0 Å². The average Bonchev–Trinajstić information content (AvgIpc) is 2.73. The molecule has 1 saturated carbocycles. The van der Waals surface area contributed by atoms with Crippen molar-refractivity contribution in [2.75, 3.05) is 11.5 Å². The smallest absolute Gasteiger partial charge is 0.234 e. The van der Waals surface area contributed by atoms with Crippen LogP contribution in [0.4, 0.5) is 0 Å². The molecule has 1 aliphatic carbocycles. The molecule has 0 bridgehead atoms. The Bertz CT molecular complexity index is 353. The van der Waals surface area contributed by atoms with E-state index in [-0.39, 0.29) is 17.8 Å². The van der Waals surface area contributed by atoms with E-state index in [1.807, 2.05) is 18.7 Å². The van der Waals surface area contributed by atoms with Gasteiger partial charge in [0.15, 0.2) is 5.84 Å². The number of nitrogens with one attached hydrogen (secondary N) is 1. The van der Waals surface area contributed by atoms with Crippen molar-refractivity contribution in [1.29, 1.82) is 0 Å². The van der Waals surface area contributed by atoms with Gasteiger partial charge in [0.2, 0.25) is 5.91 Å². The highest BCUT2D eigenvalue weighted by atomic mass is 32.2. The molecule has 6 heteroatoms. The first-order valence-corrected chi connectivity index (χ1v) is 9.09. The molecule has 1 atom stereocenters. The zero-order chi connectivity index (χ0) is 15.7. The zero-order valence-corrected chi connectivity index (χ0v) is 14.0. The maximum atomic E-state index is 12.7. The average molecular weight is 315 g/mol. The number of nitrogens with two attached hydrogens (primary N) is 1. The van der Waals surface area contributed by atoms with Crippen LogP contribution in [-0.4, -0.2) is 34.5 Å². The molecule has 1 rings (SSSR count). The van der Waals surface area contributed by atoms with Gasteiger partial charge in [-0.2, -0.15) is 11.8 Å². The Balaban J connectivity index is 2.71. The molecule has 122 valence electrons. The van der Waals surface area contributed by atoms with E-state index in [1.54, 1.807) is 0 Å². The van der Waals surface area contributed by atoms with Crippen molar-refractivity contribution in [2.24, 2.45) is 16.3 Å². The number of amides is 1.